The number of H-pyrrole nitrogens is 1. The van der Waals surface area contributed by atoms with Gasteiger partial charge in [-0.2, -0.15) is 5.10 Å². The fourth-order valence-electron chi connectivity index (χ4n) is 1.86. The highest BCUT2D eigenvalue weighted by atomic mass is 19.1. The lowest BCUT2D eigenvalue weighted by molar-refractivity contribution is 0.547. The van der Waals surface area contributed by atoms with E-state index in [9.17, 15) is 13.2 Å². The third kappa shape index (κ3) is 1.81. The SMILES string of the molecule is Fc1cc(F)c(-c2cc(C3CC3)[nH]n2)c(F)c1. The first-order valence-corrected chi connectivity index (χ1v) is 5.35. The van der Waals surface area contributed by atoms with Crippen molar-refractivity contribution < 1.29 is 13.2 Å². The molecule has 0 unspecified atom stereocenters. The van der Waals surface area contributed by atoms with Crippen molar-refractivity contribution >= 4 is 0 Å². The standard InChI is InChI=1S/C12H9F3N2/c13-7-3-8(14)12(9(15)4-7)11-5-10(16-17-11)6-1-2-6/h3-6H,1-2H2,(H,16,17). The predicted molar refractivity (Wildman–Crippen MR) is 55.9 cm³/mol. The molecule has 1 aliphatic carbocycles. The van der Waals surface area contributed by atoms with Crippen molar-refractivity contribution in [2.75, 3.05) is 0 Å². The van der Waals surface area contributed by atoms with Crippen molar-refractivity contribution in [1.29, 1.82) is 0 Å². The van der Waals surface area contributed by atoms with Crippen molar-refractivity contribution in [3.63, 3.8) is 0 Å². The normalized spacial score (nSPS) is 15.2. The number of hydrogen-bond acceptors (Lipinski definition) is 1. The lowest BCUT2D eigenvalue weighted by Crippen LogP contribution is -1.92. The maximum atomic E-state index is 13.5. The van der Waals surface area contributed by atoms with Gasteiger partial charge in [-0.3, -0.25) is 5.10 Å². The minimum atomic E-state index is -0.934. The Balaban J connectivity index is 2.07. The van der Waals surface area contributed by atoms with Crippen molar-refractivity contribution in [3.05, 3.63) is 41.3 Å². The summed E-state index contributed by atoms with van der Waals surface area (Å²) in [5.74, 6) is -2.38. The molecule has 2 nitrogen and oxygen atoms in total. The molecular formula is C12H9F3N2. The first-order valence-electron chi connectivity index (χ1n) is 5.35. The minimum absolute atomic E-state index is 0.182. The largest absolute Gasteiger partial charge is 0.282 e. The number of nitrogens with one attached hydrogen (secondary N) is 1. The molecule has 1 fully saturated rings. The van der Waals surface area contributed by atoms with E-state index >= 15 is 0 Å². The summed E-state index contributed by atoms with van der Waals surface area (Å²) in [4.78, 5) is 0. The molecule has 1 aliphatic rings. The number of halogens is 3. The summed E-state index contributed by atoms with van der Waals surface area (Å²) in [7, 11) is 0. The van der Waals surface area contributed by atoms with Crippen LogP contribution in [0.2, 0.25) is 0 Å². The zero-order valence-corrected chi connectivity index (χ0v) is 8.80. The molecule has 1 aromatic heterocycles. The van der Waals surface area contributed by atoms with E-state index in [-0.39, 0.29) is 11.3 Å². The van der Waals surface area contributed by atoms with Gasteiger partial charge in [-0.25, -0.2) is 13.2 Å². The summed E-state index contributed by atoms with van der Waals surface area (Å²) in [6, 6.07) is 2.94. The van der Waals surface area contributed by atoms with E-state index in [0.29, 0.717) is 18.1 Å². The Bertz CT molecular complexity index is 550. The highest BCUT2D eigenvalue weighted by Crippen LogP contribution is 2.40. The quantitative estimate of drug-likeness (QED) is 0.853. The molecule has 0 saturated heterocycles. The molecule has 1 saturated carbocycles. The van der Waals surface area contributed by atoms with Crippen LogP contribution in [-0.2, 0) is 0 Å². The Kier molecular flexibility index (Phi) is 2.21. The number of aromatic nitrogens is 2. The number of rotatable bonds is 2. The average molecular weight is 238 g/mol. The van der Waals surface area contributed by atoms with Crippen LogP contribution in [0.5, 0.6) is 0 Å². The van der Waals surface area contributed by atoms with E-state index < -0.39 is 17.5 Å². The van der Waals surface area contributed by atoms with Gasteiger partial charge in [0.1, 0.15) is 17.5 Å². The molecule has 17 heavy (non-hydrogen) atoms. The maximum absolute atomic E-state index is 13.5. The summed E-state index contributed by atoms with van der Waals surface area (Å²) in [5, 5.41) is 6.63. The molecular weight excluding hydrogens is 229 g/mol. The second-order valence-corrected chi connectivity index (χ2v) is 4.23. The van der Waals surface area contributed by atoms with Crippen LogP contribution in [0, 0.1) is 17.5 Å². The second-order valence-electron chi connectivity index (χ2n) is 4.23. The van der Waals surface area contributed by atoms with Crippen LogP contribution in [-0.4, -0.2) is 10.2 Å². The van der Waals surface area contributed by atoms with Gasteiger partial charge in [-0.05, 0) is 18.9 Å². The molecule has 0 atom stereocenters. The molecule has 88 valence electrons. The third-order valence-corrected chi connectivity index (χ3v) is 2.88. The number of aromatic amines is 1. The minimum Gasteiger partial charge on any atom is -0.282 e. The Labute approximate surface area is 95.5 Å². The van der Waals surface area contributed by atoms with Crippen LogP contribution in [0.15, 0.2) is 18.2 Å². The number of hydrogen-bond donors (Lipinski definition) is 1. The van der Waals surface area contributed by atoms with Crippen LogP contribution in [0.3, 0.4) is 0 Å². The molecule has 0 aliphatic heterocycles. The predicted octanol–water partition coefficient (Wildman–Crippen LogP) is 3.37. The smallest absolute Gasteiger partial charge is 0.138 e. The topological polar surface area (TPSA) is 28.7 Å². The summed E-state index contributed by atoms with van der Waals surface area (Å²) in [6.45, 7) is 0. The fourth-order valence-corrected chi connectivity index (χ4v) is 1.86. The fraction of sp³-hybridized carbons (Fsp3) is 0.250. The summed E-state index contributed by atoms with van der Waals surface area (Å²) in [5.41, 5.74) is 0.777. The zero-order chi connectivity index (χ0) is 12.0. The molecule has 0 radical (unpaired) electrons. The molecule has 3 rings (SSSR count). The molecule has 1 heterocycles. The van der Waals surface area contributed by atoms with E-state index in [1.807, 2.05) is 0 Å². The Morgan fingerprint density at radius 3 is 2.29 bits per heavy atom. The molecule has 1 N–H and O–H groups in total. The van der Waals surface area contributed by atoms with E-state index in [0.717, 1.165) is 18.5 Å². The molecule has 0 amide bonds. The van der Waals surface area contributed by atoms with E-state index in [1.54, 1.807) is 6.07 Å². The van der Waals surface area contributed by atoms with Gasteiger partial charge < -0.3 is 0 Å². The van der Waals surface area contributed by atoms with E-state index in [4.69, 9.17) is 0 Å². The van der Waals surface area contributed by atoms with Crippen LogP contribution in [0.4, 0.5) is 13.2 Å². The van der Waals surface area contributed by atoms with Gasteiger partial charge >= 0.3 is 0 Å². The van der Waals surface area contributed by atoms with Crippen molar-refractivity contribution in [3.8, 4) is 11.3 Å². The first-order chi connectivity index (χ1) is 8.15. The van der Waals surface area contributed by atoms with Gasteiger partial charge in [0.2, 0.25) is 0 Å². The lowest BCUT2D eigenvalue weighted by Gasteiger charge is -2.01. The zero-order valence-electron chi connectivity index (χ0n) is 8.80. The Morgan fingerprint density at radius 1 is 1.06 bits per heavy atom. The summed E-state index contributed by atoms with van der Waals surface area (Å²) < 4.78 is 39.7. The molecule has 5 heteroatoms. The average Bonchev–Trinajstić information content (AvgIpc) is 2.98. The molecule has 1 aromatic carbocycles. The van der Waals surface area contributed by atoms with Gasteiger partial charge in [0.25, 0.3) is 0 Å². The van der Waals surface area contributed by atoms with E-state index in [1.165, 1.54) is 0 Å². The van der Waals surface area contributed by atoms with Gasteiger partial charge in [-0.15, -0.1) is 0 Å². The summed E-state index contributed by atoms with van der Waals surface area (Å²) in [6.07, 6.45) is 2.13. The van der Waals surface area contributed by atoms with Crippen LogP contribution in [0.25, 0.3) is 11.3 Å². The van der Waals surface area contributed by atoms with E-state index in [2.05, 4.69) is 10.2 Å². The monoisotopic (exact) mass is 238 g/mol. The van der Waals surface area contributed by atoms with Crippen LogP contribution < -0.4 is 0 Å². The van der Waals surface area contributed by atoms with Crippen LogP contribution >= 0.6 is 0 Å². The number of nitrogens with zero attached hydrogens (tertiary/aromatic N) is 1. The molecule has 0 spiro atoms. The lowest BCUT2D eigenvalue weighted by atomic mass is 10.1. The molecule has 2 aromatic rings. The maximum Gasteiger partial charge on any atom is 0.138 e. The van der Waals surface area contributed by atoms with Gasteiger partial charge in [0.05, 0.1) is 11.3 Å². The first kappa shape index (κ1) is 10.4. The van der Waals surface area contributed by atoms with Crippen LogP contribution in [0.1, 0.15) is 24.5 Å². The number of benzene rings is 1. The van der Waals surface area contributed by atoms with Crippen molar-refractivity contribution in [1.82, 2.24) is 10.2 Å². The van der Waals surface area contributed by atoms with Crippen molar-refractivity contribution in [2.45, 2.75) is 18.8 Å². The molecule has 0 bridgehead atoms. The second kappa shape index (κ2) is 3.61. The third-order valence-electron chi connectivity index (χ3n) is 2.88. The van der Waals surface area contributed by atoms with Crippen molar-refractivity contribution in [2.24, 2.45) is 0 Å². The Morgan fingerprint density at radius 2 is 1.71 bits per heavy atom. The highest BCUT2D eigenvalue weighted by molar-refractivity contribution is 5.61. The van der Waals surface area contributed by atoms with Gasteiger partial charge in [-0.1, -0.05) is 0 Å². The van der Waals surface area contributed by atoms with Gasteiger partial charge in [0.15, 0.2) is 0 Å². The summed E-state index contributed by atoms with van der Waals surface area (Å²) >= 11 is 0. The highest BCUT2D eigenvalue weighted by Gasteiger charge is 2.26. The van der Waals surface area contributed by atoms with Gasteiger partial charge in [0, 0.05) is 23.7 Å². The Hall–Kier alpha value is -1.78.